The van der Waals surface area contributed by atoms with E-state index in [9.17, 15) is 14.7 Å². The highest BCUT2D eigenvalue weighted by atomic mass is 16.6. The molecule has 0 aromatic carbocycles. The lowest BCUT2D eigenvalue weighted by atomic mass is 10.0. The standard InChI is InChI=1S/C58H98O5/c1-3-5-7-9-11-13-15-17-19-21-23-24-25-26-27-28-29-30-31-32-33-34-35-37-39-41-43-45-47-49-51-53-58(61)63-56(54-59)55-62-57(60)52-50-48-46-44-42-40-38-36-22-20-18-16-14-12-10-8-6-4-2/h5,7,11,13-14,16-17,19-20,22-24,26-27,29-30,56,59H,3-4,6,8-10,12,15,18,21,25,28,31-55H2,1-2H3/b7-5-,13-11-,16-14-,19-17-,22-20-,24-23-,27-26-,30-29-. The molecule has 0 radical (unpaired) electrons. The number of aliphatic hydroxyl groups is 1. The summed E-state index contributed by atoms with van der Waals surface area (Å²) in [5.41, 5.74) is 0. The van der Waals surface area contributed by atoms with E-state index in [1.165, 1.54) is 122 Å². The molecule has 0 amide bonds. The topological polar surface area (TPSA) is 72.8 Å². The molecule has 0 saturated carbocycles. The van der Waals surface area contributed by atoms with Gasteiger partial charge in [-0.2, -0.15) is 0 Å². The minimum Gasteiger partial charge on any atom is -0.462 e. The van der Waals surface area contributed by atoms with Crippen LogP contribution in [0.3, 0.4) is 0 Å². The molecule has 1 atom stereocenters. The number of hydrogen-bond donors (Lipinski definition) is 1. The predicted molar refractivity (Wildman–Crippen MR) is 274 cm³/mol. The Hall–Kier alpha value is -3.18. The van der Waals surface area contributed by atoms with Crippen molar-refractivity contribution in [1.82, 2.24) is 0 Å². The fourth-order valence-electron chi connectivity index (χ4n) is 7.18. The van der Waals surface area contributed by atoms with Crippen molar-refractivity contribution in [3.63, 3.8) is 0 Å². The Bertz CT molecular complexity index is 1220. The summed E-state index contributed by atoms with van der Waals surface area (Å²) in [4.78, 5) is 24.5. The normalized spacial score (nSPS) is 13.0. The minimum atomic E-state index is -0.782. The molecule has 0 rings (SSSR count). The molecule has 1 unspecified atom stereocenters. The number of carbonyl (C=O) groups is 2. The molecule has 0 heterocycles. The number of esters is 2. The van der Waals surface area contributed by atoms with E-state index in [-0.39, 0.29) is 25.2 Å². The third-order valence-corrected chi connectivity index (χ3v) is 11.1. The summed E-state index contributed by atoms with van der Waals surface area (Å²) in [6, 6.07) is 0. The molecule has 0 aliphatic rings. The summed E-state index contributed by atoms with van der Waals surface area (Å²) in [5.74, 6) is -0.602. The zero-order valence-corrected chi connectivity index (χ0v) is 41.1. The van der Waals surface area contributed by atoms with E-state index in [1.807, 2.05) is 0 Å². The molecular weight excluding hydrogens is 777 g/mol. The molecule has 360 valence electrons. The van der Waals surface area contributed by atoms with Crippen LogP contribution in [0.1, 0.15) is 239 Å². The van der Waals surface area contributed by atoms with Crippen molar-refractivity contribution in [2.24, 2.45) is 0 Å². The van der Waals surface area contributed by atoms with Crippen LogP contribution in [0.5, 0.6) is 0 Å². The van der Waals surface area contributed by atoms with E-state index in [0.29, 0.717) is 12.8 Å². The number of ether oxygens (including phenoxy) is 2. The molecule has 0 saturated heterocycles. The zero-order valence-electron chi connectivity index (χ0n) is 41.1. The quantitative estimate of drug-likeness (QED) is 0.0375. The van der Waals surface area contributed by atoms with E-state index in [0.717, 1.165) is 89.9 Å². The average Bonchev–Trinajstić information content (AvgIpc) is 3.29. The zero-order chi connectivity index (χ0) is 45.6. The fourth-order valence-corrected chi connectivity index (χ4v) is 7.18. The Balaban J connectivity index is 3.54. The van der Waals surface area contributed by atoms with Crippen molar-refractivity contribution in [3.05, 3.63) is 97.2 Å². The van der Waals surface area contributed by atoms with Gasteiger partial charge in [0.05, 0.1) is 6.61 Å². The molecule has 0 bridgehead atoms. The van der Waals surface area contributed by atoms with Gasteiger partial charge < -0.3 is 14.6 Å². The van der Waals surface area contributed by atoms with E-state index in [4.69, 9.17) is 9.47 Å². The lowest BCUT2D eigenvalue weighted by molar-refractivity contribution is -0.161. The van der Waals surface area contributed by atoms with Crippen LogP contribution in [0, 0.1) is 0 Å². The van der Waals surface area contributed by atoms with Crippen LogP contribution in [0.15, 0.2) is 97.2 Å². The Morgan fingerprint density at radius 2 is 0.683 bits per heavy atom. The van der Waals surface area contributed by atoms with Crippen molar-refractivity contribution in [2.45, 2.75) is 245 Å². The van der Waals surface area contributed by atoms with E-state index in [1.54, 1.807) is 0 Å². The smallest absolute Gasteiger partial charge is 0.306 e. The van der Waals surface area contributed by atoms with Gasteiger partial charge in [0.15, 0.2) is 6.10 Å². The van der Waals surface area contributed by atoms with Gasteiger partial charge in [-0.05, 0) is 96.3 Å². The van der Waals surface area contributed by atoms with Crippen molar-refractivity contribution < 1.29 is 24.2 Å². The molecule has 1 N–H and O–H groups in total. The second-order valence-corrected chi connectivity index (χ2v) is 17.2. The van der Waals surface area contributed by atoms with Crippen LogP contribution >= 0.6 is 0 Å². The van der Waals surface area contributed by atoms with Crippen LogP contribution in [0.25, 0.3) is 0 Å². The highest BCUT2D eigenvalue weighted by Gasteiger charge is 2.16. The Morgan fingerprint density at radius 1 is 0.381 bits per heavy atom. The largest absolute Gasteiger partial charge is 0.462 e. The number of hydrogen-bond acceptors (Lipinski definition) is 5. The van der Waals surface area contributed by atoms with Crippen LogP contribution in [0.2, 0.25) is 0 Å². The molecule has 0 aliphatic heterocycles. The van der Waals surface area contributed by atoms with Crippen molar-refractivity contribution >= 4 is 11.9 Å². The molecular formula is C58H98O5. The van der Waals surface area contributed by atoms with Crippen molar-refractivity contribution in [3.8, 4) is 0 Å². The van der Waals surface area contributed by atoms with Crippen molar-refractivity contribution in [2.75, 3.05) is 13.2 Å². The third-order valence-electron chi connectivity index (χ3n) is 11.1. The summed E-state index contributed by atoms with van der Waals surface area (Å²) in [6.45, 7) is 4.01. The summed E-state index contributed by atoms with van der Waals surface area (Å²) >= 11 is 0. The Morgan fingerprint density at radius 3 is 1.03 bits per heavy atom. The summed E-state index contributed by atoms with van der Waals surface area (Å²) < 4.78 is 10.7. The first-order chi connectivity index (χ1) is 31.1. The Labute approximate surface area is 389 Å². The van der Waals surface area contributed by atoms with Gasteiger partial charge in [-0.15, -0.1) is 0 Å². The molecule has 0 aliphatic carbocycles. The van der Waals surface area contributed by atoms with Gasteiger partial charge in [-0.25, -0.2) is 0 Å². The summed E-state index contributed by atoms with van der Waals surface area (Å²) in [6.07, 6.45) is 75.0. The highest BCUT2D eigenvalue weighted by molar-refractivity contribution is 5.70. The number of unbranched alkanes of at least 4 members (excludes halogenated alkanes) is 23. The van der Waals surface area contributed by atoms with Gasteiger partial charge in [0.25, 0.3) is 0 Å². The van der Waals surface area contributed by atoms with Crippen LogP contribution < -0.4 is 0 Å². The lowest BCUT2D eigenvalue weighted by Gasteiger charge is -2.15. The van der Waals surface area contributed by atoms with E-state index in [2.05, 4.69) is 111 Å². The van der Waals surface area contributed by atoms with Gasteiger partial charge in [0.2, 0.25) is 0 Å². The van der Waals surface area contributed by atoms with Crippen LogP contribution in [0.4, 0.5) is 0 Å². The highest BCUT2D eigenvalue weighted by Crippen LogP contribution is 2.15. The number of aliphatic hydroxyl groups excluding tert-OH is 1. The maximum Gasteiger partial charge on any atom is 0.306 e. The van der Waals surface area contributed by atoms with Crippen LogP contribution in [-0.2, 0) is 19.1 Å². The first kappa shape index (κ1) is 59.8. The maximum absolute atomic E-state index is 12.3. The van der Waals surface area contributed by atoms with Crippen molar-refractivity contribution in [1.29, 1.82) is 0 Å². The third kappa shape index (κ3) is 51.3. The predicted octanol–water partition coefficient (Wildman–Crippen LogP) is 17.6. The molecule has 0 fully saturated rings. The minimum absolute atomic E-state index is 0.0742. The molecule has 63 heavy (non-hydrogen) atoms. The first-order valence-corrected chi connectivity index (χ1v) is 26.3. The molecule has 0 spiro atoms. The van der Waals surface area contributed by atoms with E-state index < -0.39 is 6.10 Å². The molecule has 5 heteroatoms. The number of allylic oxidation sites excluding steroid dienone is 16. The molecule has 0 aromatic heterocycles. The summed E-state index contributed by atoms with van der Waals surface area (Å²) in [7, 11) is 0. The SMILES string of the molecule is CC/C=C\C/C=C\C/C=C\C/C=C\C/C=C\C/C=C\CCCCCCCCCCCCCCC(=O)OC(CO)COC(=O)CCCCCCCCC/C=C\C/C=C\CCCCCC. The molecule has 5 nitrogen and oxygen atoms in total. The number of carbonyl (C=O) groups excluding carboxylic acids is 2. The van der Waals surface area contributed by atoms with Gasteiger partial charge in [-0.1, -0.05) is 227 Å². The maximum atomic E-state index is 12.3. The second-order valence-electron chi connectivity index (χ2n) is 17.2. The average molecular weight is 875 g/mol. The van der Waals surface area contributed by atoms with E-state index >= 15 is 0 Å². The van der Waals surface area contributed by atoms with Gasteiger partial charge in [0.1, 0.15) is 6.61 Å². The lowest BCUT2D eigenvalue weighted by Crippen LogP contribution is -2.28. The van der Waals surface area contributed by atoms with Crippen LogP contribution in [-0.4, -0.2) is 36.4 Å². The fraction of sp³-hybridized carbons (Fsp3) is 0.690. The first-order valence-electron chi connectivity index (χ1n) is 26.3. The Kier molecular flexibility index (Phi) is 50.5. The monoisotopic (exact) mass is 875 g/mol. The second kappa shape index (κ2) is 53.2. The number of rotatable bonds is 47. The van der Waals surface area contributed by atoms with Gasteiger partial charge in [-0.3, -0.25) is 9.59 Å². The van der Waals surface area contributed by atoms with Gasteiger partial charge >= 0.3 is 11.9 Å². The van der Waals surface area contributed by atoms with Gasteiger partial charge in [0, 0.05) is 12.8 Å². The summed E-state index contributed by atoms with van der Waals surface area (Å²) in [5, 5.41) is 9.63. The molecule has 0 aromatic rings.